The summed E-state index contributed by atoms with van der Waals surface area (Å²) in [5.74, 6) is 0.726. The topological polar surface area (TPSA) is 76.7 Å². The van der Waals surface area contributed by atoms with Crippen molar-refractivity contribution in [3.05, 3.63) is 70.1 Å². The van der Waals surface area contributed by atoms with Crippen LogP contribution < -0.4 is 20.1 Å². The van der Waals surface area contributed by atoms with E-state index in [-0.39, 0.29) is 11.8 Å². The summed E-state index contributed by atoms with van der Waals surface area (Å²) in [6.07, 6.45) is 0. The molecule has 148 valence electrons. The highest BCUT2D eigenvalue weighted by atomic mass is 32.1. The lowest BCUT2D eigenvalue weighted by molar-refractivity contribution is 0.102. The minimum absolute atomic E-state index is 0.250. The Morgan fingerprint density at radius 1 is 0.897 bits per heavy atom. The van der Waals surface area contributed by atoms with Gasteiger partial charge in [-0.05, 0) is 43.7 Å². The van der Waals surface area contributed by atoms with Crippen molar-refractivity contribution in [2.45, 2.75) is 13.8 Å². The van der Waals surface area contributed by atoms with E-state index < -0.39 is 0 Å². The van der Waals surface area contributed by atoms with E-state index in [9.17, 15) is 9.59 Å². The zero-order valence-electron chi connectivity index (χ0n) is 16.1. The van der Waals surface area contributed by atoms with E-state index in [4.69, 9.17) is 9.47 Å². The van der Waals surface area contributed by atoms with Gasteiger partial charge in [0.2, 0.25) is 0 Å². The Morgan fingerprint density at radius 2 is 1.62 bits per heavy atom. The highest BCUT2D eigenvalue weighted by Gasteiger charge is 2.22. The maximum Gasteiger partial charge on any atom is 0.258 e. The summed E-state index contributed by atoms with van der Waals surface area (Å²) in [5, 5.41) is 6.31. The maximum atomic E-state index is 13.0. The third-order valence-corrected chi connectivity index (χ3v) is 5.80. The number of hydrogen-bond acceptors (Lipinski definition) is 5. The average molecular weight is 408 g/mol. The summed E-state index contributed by atoms with van der Waals surface area (Å²) in [4.78, 5) is 26.6. The molecule has 7 heteroatoms. The van der Waals surface area contributed by atoms with Gasteiger partial charge in [-0.15, -0.1) is 11.3 Å². The summed E-state index contributed by atoms with van der Waals surface area (Å²) in [6.45, 7) is 4.79. The number of amides is 2. The van der Waals surface area contributed by atoms with Gasteiger partial charge >= 0.3 is 0 Å². The molecule has 0 fully saturated rings. The van der Waals surface area contributed by atoms with Gasteiger partial charge in [-0.2, -0.15) is 0 Å². The molecule has 0 atom stereocenters. The van der Waals surface area contributed by atoms with E-state index in [0.29, 0.717) is 46.5 Å². The van der Waals surface area contributed by atoms with Gasteiger partial charge in [0.15, 0.2) is 11.5 Å². The molecule has 2 heterocycles. The second kappa shape index (κ2) is 7.97. The molecule has 0 unspecified atom stereocenters. The van der Waals surface area contributed by atoms with Crippen LogP contribution in [0.25, 0.3) is 0 Å². The van der Waals surface area contributed by atoms with Gasteiger partial charge in [0.25, 0.3) is 11.8 Å². The number of thiophene rings is 1. The Balaban J connectivity index is 1.58. The van der Waals surface area contributed by atoms with Crippen molar-refractivity contribution in [3.63, 3.8) is 0 Å². The second-order valence-corrected chi connectivity index (χ2v) is 7.84. The number of rotatable bonds is 4. The predicted molar refractivity (Wildman–Crippen MR) is 114 cm³/mol. The SMILES string of the molecule is Cc1sc(NC(=O)c2ccccc2)c(C(=O)Nc2ccc3c(c2)OCCO3)c1C. The molecule has 2 N–H and O–H groups in total. The highest BCUT2D eigenvalue weighted by molar-refractivity contribution is 7.16. The molecule has 0 aliphatic carbocycles. The standard InChI is InChI=1S/C22H20N2O4S/c1-13-14(2)29-22(24-20(25)15-6-4-3-5-7-15)19(13)21(26)23-16-8-9-17-18(12-16)28-11-10-27-17/h3-9,12H,10-11H2,1-2H3,(H,23,26)(H,24,25). The molecule has 0 spiro atoms. The largest absolute Gasteiger partial charge is 0.486 e. The third-order valence-electron chi connectivity index (χ3n) is 4.68. The normalized spacial score (nSPS) is 12.3. The molecule has 29 heavy (non-hydrogen) atoms. The summed E-state index contributed by atoms with van der Waals surface area (Å²) in [7, 11) is 0. The van der Waals surface area contributed by atoms with Crippen LogP contribution >= 0.6 is 11.3 Å². The van der Waals surface area contributed by atoms with E-state index >= 15 is 0 Å². The van der Waals surface area contributed by atoms with Crippen molar-refractivity contribution in [1.29, 1.82) is 0 Å². The van der Waals surface area contributed by atoms with Gasteiger partial charge in [0.05, 0.1) is 5.56 Å². The zero-order valence-corrected chi connectivity index (χ0v) is 16.9. The first-order valence-corrected chi connectivity index (χ1v) is 10.0. The quantitative estimate of drug-likeness (QED) is 0.659. The van der Waals surface area contributed by atoms with Gasteiger partial charge in [0, 0.05) is 22.2 Å². The van der Waals surface area contributed by atoms with Crippen molar-refractivity contribution in [3.8, 4) is 11.5 Å². The lowest BCUT2D eigenvalue weighted by Gasteiger charge is -2.19. The molecule has 0 saturated heterocycles. The Hall–Kier alpha value is -3.32. The van der Waals surface area contributed by atoms with Crippen LogP contribution in [-0.2, 0) is 0 Å². The predicted octanol–water partition coefficient (Wildman–Crippen LogP) is 4.64. The lowest BCUT2D eigenvalue weighted by Crippen LogP contribution is -2.18. The van der Waals surface area contributed by atoms with Crippen molar-refractivity contribution < 1.29 is 19.1 Å². The molecule has 2 aromatic carbocycles. The molecule has 3 aromatic rings. The summed E-state index contributed by atoms with van der Waals surface area (Å²) < 4.78 is 11.1. The van der Waals surface area contributed by atoms with Gasteiger partial charge in [-0.3, -0.25) is 9.59 Å². The van der Waals surface area contributed by atoms with Gasteiger partial charge in [-0.25, -0.2) is 0 Å². The highest BCUT2D eigenvalue weighted by Crippen LogP contribution is 2.35. The lowest BCUT2D eigenvalue weighted by atomic mass is 10.1. The molecule has 6 nitrogen and oxygen atoms in total. The van der Waals surface area contributed by atoms with Crippen LogP contribution in [0, 0.1) is 13.8 Å². The number of anilines is 2. The van der Waals surface area contributed by atoms with Crippen molar-refractivity contribution in [1.82, 2.24) is 0 Å². The molecule has 2 amide bonds. The van der Waals surface area contributed by atoms with Crippen LogP contribution in [0.4, 0.5) is 10.7 Å². The van der Waals surface area contributed by atoms with Crippen LogP contribution in [0.5, 0.6) is 11.5 Å². The minimum atomic E-state index is -0.285. The number of nitrogens with one attached hydrogen (secondary N) is 2. The van der Waals surface area contributed by atoms with E-state index in [1.807, 2.05) is 19.9 Å². The van der Waals surface area contributed by atoms with Crippen LogP contribution in [0.2, 0.25) is 0 Å². The molecule has 1 aliphatic heterocycles. The first-order valence-electron chi connectivity index (χ1n) is 9.20. The zero-order chi connectivity index (χ0) is 20.4. The number of hydrogen-bond donors (Lipinski definition) is 2. The van der Waals surface area contributed by atoms with Gasteiger partial charge in [-0.1, -0.05) is 18.2 Å². The summed E-state index contributed by atoms with van der Waals surface area (Å²) in [6, 6.07) is 14.2. The Morgan fingerprint density at radius 3 is 2.38 bits per heavy atom. The Labute approximate surface area is 172 Å². The monoisotopic (exact) mass is 408 g/mol. The fourth-order valence-electron chi connectivity index (χ4n) is 3.07. The molecule has 0 saturated carbocycles. The smallest absolute Gasteiger partial charge is 0.258 e. The fourth-order valence-corrected chi connectivity index (χ4v) is 4.12. The number of ether oxygens (including phenoxy) is 2. The van der Waals surface area contributed by atoms with Crippen molar-refractivity contribution >= 4 is 33.8 Å². The fraction of sp³-hybridized carbons (Fsp3) is 0.182. The first kappa shape index (κ1) is 19.0. The summed E-state index contributed by atoms with van der Waals surface area (Å²) in [5.41, 5.74) is 2.44. The van der Waals surface area contributed by atoms with Crippen molar-refractivity contribution in [2.75, 3.05) is 23.8 Å². The average Bonchev–Trinajstić information content (AvgIpc) is 3.01. The number of aryl methyl sites for hydroxylation is 1. The Kier molecular flexibility index (Phi) is 5.22. The maximum absolute atomic E-state index is 13.0. The van der Waals surface area contributed by atoms with Crippen LogP contribution in [0.1, 0.15) is 31.2 Å². The van der Waals surface area contributed by atoms with Crippen LogP contribution in [0.15, 0.2) is 48.5 Å². The van der Waals surface area contributed by atoms with Crippen LogP contribution in [-0.4, -0.2) is 25.0 Å². The minimum Gasteiger partial charge on any atom is -0.486 e. The number of carbonyl (C=O) groups is 2. The molecule has 0 radical (unpaired) electrons. The Bertz CT molecular complexity index is 1080. The van der Waals surface area contributed by atoms with E-state index in [1.165, 1.54) is 11.3 Å². The molecular formula is C22H20N2O4S. The van der Waals surface area contributed by atoms with Crippen LogP contribution in [0.3, 0.4) is 0 Å². The van der Waals surface area contributed by atoms with Gasteiger partial charge < -0.3 is 20.1 Å². The second-order valence-electron chi connectivity index (χ2n) is 6.62. The van der Waals surface area contributed by atoms with E-state index in [0.717, 1.165) is 10.4 Å². The molecular weight excluding hydrogens is 388 g/mol. The van der Waals surface area contributed by atoms with E-state index in [1.54, 1.807) is 42.5 Å². The number of carbonyl (C=O) groups excluding carboxylic acids is 2. The number of fused-ring (bicyclic) bond motifs is 1. The molecule has 0 bridgehead atoms. The summed E-state index contributed by atoms with van der Waals surface area (Å²) >= 11 is 1.39. The first-order chi connectivity index (χ1) is 14.0. The molecule has 4 rings (SSSR count). The number of benzene rings is 2. The van der Waals surface area contributed by atoms with Gasteiger partial charge in [0.1, 0.15) is 18.2 Å². The molecule has 1 aromatic heterocycles. The van der Waals surface area contributed by atoms with E-state index in [2.05, 4.69) is 10.6 Å². The van der Waals surface area contributed by atoms with Crippen molar-refractivity contribution in [2.24, 2.45) is 0 Å². The third kappa shape index (κ3) is 3.95. The molecule has 1 aliphatic rings.